The molecule has 1 fully saturated rings. The number of nitrogens with one attached hydrogen (secondary N) is 1. The summed E-state index contributed by atoms with van der Waals surface area (Å²) < 4.78 is 0. The molecular weight excluding hydrogens is 300 g/mol. The first-order valence-corrected chi connectivity index (χ1v) is 7.88. The summed E-state index contributed by atoms with van der Waals surface area (Å²) in [7, 11) is 0. The number of amides is 1. The highest BCUT2D eigenvalue weighted by Gasteiger charge is 2.26. The van der Waals surface area contributed by atoms with E-state index >= 15 is 0 Å². The van der Waals surface area contributed by atoms with E-state index in [0.29, 0.717) is 13.1 Å². The number of nitrogens with zero attached hydrogens (tertiary/aromatic N) is 1. The largest absolute Gasteiger partial charge is 0.387 e. The number of hydrogen-bond donors (Lipinski definition) is 2. The lowest BCUT2D eigenvalue weighted by atomic mass is 10.0. The molecule has 1 aromatic rings. The van der Waals surface area contributed by atoms with E-state index < -0.39 is 6.10 Å². The number of carbonyl (C=O) groups is 1. The summed E-state index contributed by atoms with van der Waals surface area (Å²) in [6, 6.07) is 7.75. The third-order valence-electron chi connectivity index (χ3n) is 4.16. The van der Waals surface area contributed by atoms with Crippen LogP contribution in [0.4, 0.5) is 0 Å². The van der Waals surface area contributed by atoms with Crippen LogP contribution < -0.4 is 5.32 Å². The van der Waals surface area contributed by atoms with Gasteiger partial charge in [-0.2, -0.15) is 0 Å². The number of hydrogen-bond acceptors (Lipinski definition) is 3. The number of halogens is 1. The number of rotatable bonds is 5. The van der Waals surface area contributed by atoms with Crippen molar-refractivity contribution in [3.8, 4) is 0 Å². The number of benzene rings is 1. The Balaban J connectivity index is 0.00000242. The fourth-order valence-corrected chi connectivity index (χ4v) is 2.76. The Kier molecular flexibility index (Phi) is 7.87. The molecule has 0 aliphatic carbocycles. The molecule has 4 nitrogen and oxygen atoms in total. The number of likely N-dealkylation sites (N-methyl/N-ethyl adjacent to an activating group) is 1. The van der Waals surface area contributed by atoms with Crippen LogP contribution in [0.3, 0.4) is 0 Å². The fourth-order valence-electron chi connectivity index (χ4n) is 2.76. The van der Waals surface area contributed by atoms with E-state index in [1.165, 1.54) is 5.56 Å². The minimum Gasteiger partial charge on any atom is -0.387 e. The van der Waals surface area contributed by atoms with Crippen molar-refractivity contribution in [3.63, 3.8) is 0 Å². The Morgan fingerprint density at radius 2 is 2.05 bits per heavy atom. The molecule has 22 heavy (non-hydrogen) atoms. The second kappa shape index (κ2) is 9.13. The molecule has 1 saturated heterocycles. The molecule has 1 heterocycles. The third kappa shape index (κ3) is 4.97. The second-order valence-electron chi connectivity index (χ2n) is 5.81. The average Bonchev–Trinajstić information content (AvgIpc) is 2.53. The minimum atomic E-state index is -0.627. The van der Waals surface area contributed by atoms with E-state index in [1.54, 1.807) is 4.90 Å². The zero-order chi connectivity index (χ0) is 15.2. The van der Waals surface area contributed by atoms with Gasteiger partial charge in [0.25, 0.3) is 0 Å². The van der Waals surface area contributed by atoms with Crippen LogP contribution in [0.1, 0.15) is 43.4 Å². The van der Waals surface area contributed by atoms with Gasteiger partial charge in [0.1, 0.15) is 0 Å². The first kappa shape index (κ1) is 18.9. The van der Waals surface area contributed by atoms with E-state index in [0.717, 1.165) is 31.4 Å². The van der Waals surface area contributed by atoms with Crippen molar-refractivity contribution in [2.45, 2.75) is 45.3 Å². The minimum absolute atomic E-state index is 0. The van der Waals surface area contributed by atoms with E-state index in [9.17, 15) is 9.90 Å². The van der Waals surface area contributed by atoms with Crippen molar-refractivity contribution >= 4 is 18.3 Å². The van der Waals surface area contributed by atoms with Crippen LogP contribution in [-0.4, -0.2) is 41.6 Å². The topological polar surface area (TPSA) is 52.6 Å². The van der Waals surface area contributed by atoms with Gasteiger partial charge < -0.3 is 15.3 Å². The van der Waals surface area contributed by atoms with Gasteiger partial charge in [0.05, 0.1) is 18.7 Å². The van der Waals surface area contributed by atoms with Crippen molar-refractivity contribution in [2.75, 3.05) is 19.6 Å². The molecule has 2 atom stereocenters. The van der Waals surface area contributed by atoms with E-state index in [1.807, 2.05) is 38.1 Å². The normalized spacial score (nSPS) is 19.1. The Bertz CT molecular complexity index is 458. The van der Waals surface area contributed by atoms with Gasteiger partial charge in [0, 0.05) is 6.54 Å². The van der Waals surface area contributed by atoms with Gasteiger partial charge in [-0.25, -0.2) is 0 Å². The molecule has 5 heteroatoms. The third-order valence-corrected chi connectivity index (χ3v) is 4.16. The molecule has 1 aliphatic heterocycles. The summed E-state index contributed by atoms with van der Waals surface area (Å²) in [4.78, 5) is 14.3. The molecule has 2 N–H and O–H groups in total. The maximum absolute atomic E-state index is 12.5. The number of aryl methyl sites for hydroxylation is 1. The standard InChI is InChI=1S/C17H26N2O2.ClH/c1-3-19(17(21)15-6-4-5-11-18-15)12-16(20)14-9-7-13(2)8-10-14;/h7-10,15-16,18,20H,3-6,11-12H2,1-2H3;1H. The van der Waals surface area contributed by atoms with Gasteiger partial charge in [-0.15, -0.1) is 12.4 Å². The quantitative estimate of drug-likeness (QED) is 0.874. The summed E-state index contributed by atoms with van der Waals surface area (Å²) in [6.07, 6.45) is 2.51. The number of piperidine rings is 1. The summed E-state index contributed by atoms with van der Waals surface area (Å²) in [5, 5.41) is 13.6. The zero-order valence-electron chi connectivity index (χ0n) is 13.4. The van der Waals surface area contributed by atoms with Gasteiger partial charge in [-0.1, -0.05) is 36.2 Å². The Morgan fingerprint density at radius 1 is 1.36 bits per heavy atom. The van der Waals surface area contributed by atoms with Crippen molar-refractivity contribution in [1.29, 1.82) is 0 Å². The lowest BCUT2D eigenvalue weighted by Gasteiger charge is -2.30. The van der Waals surface area contributed by atoms with Crippen LogP contribution in [-0.2, 0) is 4.79 Å². The summed E-state index contributed by atoms with van der Waals surface area (Å²) in [5.41, 5.74) is 2.03. The molecule has 0 aromatic heterocycles. The smallest absolute Gasteiger partial charge is 0.239 e. The van der Waals surface area contributed by atoms with E-state index in [2.05, 4.69) is 5.32 Å². The van der Waals surface area contributed by atoms with Gasteiger partial charge >= 0.3 is 0 Å². The predicted molar refractivity (Wildman–Crippen MR) is 91.3 cm³/mol. The maximum Gasteiger partial charge on any atom is 0.239 e. The summed E-state index contributed by atoms with van der Waals surface area (Å²) in [5.74, 6) is 0.114. The number of aliphatic hydroxyl groups is 1. The highest BCUT2D eigenvalue weighted by molar-refractivity contribution is 5.85. The van der Waals surface area contributed by atoms with Crippen molar-refractivity contribution in [1.82, 2.24) is 10.2 Å². The van der Waals surface area contributed by atoms with Gasteiger partial charge in [-0.05, 0) is 38.8 Å². The first-order chi connectivity index (χ1) is 10.1. The first-order valence-electron chi connectivity index (χ1n) is 7.88. The average molecular weight is 327 g/mol. The van der Waals surface area contributed by atoms with Gasteiger partial charge in [-0.3, -0.25) is 4.79 Å². The Morgan fingerprint density at radius 3 is 2.59 bits per heavy atom. The van der Waals surface area contributed by atoms with Crippen LogP contribution >= 0.6 is 12.4 Å². The summed E-state index contributed by atoms with van der Waals surface area (Å²) >= 11 is 0. The highest BCUT2D eigenvalue weighted by Crippen LogP contribution is 2.17. The molecule has 1 aromatic carbocycles. The number of carbonyl (C=O) groups excluding carboxylic acids is 1. The van der Waals surface area contributed by atoms with Crippen molar-refractivity contribution in [3.05, 3.63) is 35.4 Å². The SMILES string of the molecule is CCN(CC(O)c1ccc(C)cc1)C(=O)C1CCCCN1.Cl. The highest BCUT2D eigenvalue weighted by atomic mass is 35.5. The molecule has 1 aliphatic rings. The molecule has 0 saturated carbocycles. The zero-order valence-corrected chi connectivity index (χ0v) is 14.2. The monoisotopic (exact) mass is 326 g/mol. The molecule has 1 amide bonds. The maximum atomic E-state index is 12.5. The van der Waals surface area contributed by atoms with Gasteiger partial charge in [0.2, 0.25) is 5.91 Å². The second-order valence-corrected chi connectivity index (χ2v) is 5.81. The Labute approximate surface area is 139 Å². The molecule has 124 valence electrons. The predicted octanol–water partition coefficient (Wildman–Crippen LogP) is 2.44. The van der Waals surface area contributed by atoms with Crippen LogP contribution in [0.5, 0.6) is 0 Å². The van der Waals surface area contributed by atoms with Crippen molar-refractivity contribution < 1.29 is 9.90 Å². The van der Waals surface area contributed by atoms with Crippen LogP contribution in [0.15, 0.2) is 24.3 Å². The Hall–Kier alpha value is -1.10. The lowest BCUT2D eigenvalue weighted by Crippen LogP contribution is -2.49. The fraction of sp³-hybridized carbons (Fsp3) is 0.588. The summed E-state index contributed by atoms with van der Waals surface area (Å²) in [6.45, 7) is 5.88. The lowest BCUT2D eigenvalue weighted by molar-refractivity contribution is -0.135. The number of aliphatic hydroxyl groups excluding tert-OH is 1. The molecule has 0 radical (unpaired) electrons. The van der Waals surface area contributed by atoms with Crippen LogP contribution in [0, 0.1) is 6.92 Å². The molecular formula is C17H27ClN2O2. The van der Waals surface area contributed by atoms with Gasteiger partial charge in [0.15, 0.2) is 0 Å². The van der Waals surface area contributed by atoms with E-state index in [4.69, 9.17) is 0 Å². The van der Waals surface area contributed by atoms with Crippen molar-refractivity contribution in [2.24, 2.45) is 0 Å². The molecule has 0 spiro atoms. The van der Waals surface area contributed by atoms with E-state index in [-0.39, 0.29) is 24.4 Å². The molecule has 2 unspecified atom stereocenters. The van der Waals surface area contributed by atoms with Crippen LogP contribution in [0.25, 0.3) is 0 Å². The molecule has 2 rings (SSSR count). The molecule has 0 bridgehead atoms. The van der Waals surface area contributed by atoms with Crippen LogP contribution in [0.2, 0.25) is 0 Å².